The monoisotopic (exact) mass is 408 g/mol. The van der Waals surface area contributed by atoms with E-state index < -0.39 is 11.7 Å². The summed E-state index contributed by atoms with van der Waals surface area (Å²) in [6, 6.07) is 4.90. The number of nitrogens with zero attached hydrogens (tertiary/aromatic N) is 6. The van der Waals surface area contributed by atoms with Crippen molar-refractivity contribution < 1.29 is 22.1 Å². The number of piperazine rings is 1. The van der Waals surface area contributed by atoms with Crippen LogP contribution in [0.1, 0.15) is 23.2 Å². The van der Waals surface area contributed by atoms with E-state index in [1.54, 1.807) is 6.92 Å². The largest absolute Gasteiger partial charge is 0.424 e. The van der Waals surface area contributed by atoms with E-state index in [9.17, 15) is 13.2 Å². The summed E-state index contributed by atoms with van der Waals surface area (Å²) in [6.45, 7) is 6.01. The molecule has 0 unspecified atom stereocenters. The molecule has 0 saturated carbocycles. The van der Waals surface area contributed by atoms with Gasteiger partial charge in [0.15, 0.2) is 0 Å². The van der Waals surface area contributed by atoms with Crippen LogP contribution in [0, 0.1) is 6.92 Å². The third-order valence-electron chi connectivity index (χ3n) is 4.67. The van der Waals surface area contributed by atoms with E-state index in [1.165, 1.54) is 12.1 Å². The molecular weight excluding hydrogens is 389 g/mol. The molecule has 0 radical (unpaired) electrons. The molecule has 0 atom stereocenters. The zero-order chi connectivity index (χ0) is 20.4. The minimum Gasteiger partial charge on any atom is -0.424 e. The van der Waals surface area contributed by atoms with E-state index in [4.69, 9.17) is 8.94 Å². The van der Waals surface area contributed by atoms with Crippen molar-refractivity contribution >= 4 is 0 Å². The van der Waals surface area contributed by atoms with Gasteiger partial charge < -0.3 is 8.94 Å². The van der Waals surface area contributed by atoms with E-state index in [0.717, 1.165) is 38.3 Å². The molecule has 11 heteroatoms. The van der Waals surface area contributed by atoms with Crippen LogP contribution >= 0.6 is 0 Å². The average Bonchev–Trinajstić information content (AvgIpc) is 3.32. The Balaban J connectivity index is 1.33. The van der Waals surface area contributed by atoms with Crippen LogP contribution in [0.5, 0.6) is 0 Å². The first kappa shape index (κ1) is 19.5. The van der Waals surface area contributed by atoms with Crippen molar-refractivity contribution in [3.63, 3.8) is 0 Å². The smallest absolute Gasteiger partial charge is 0.416 e. The minimum absolute atomic E-state index is 0.150. The predicted molar refractivity (Wildman–Crippen MR) is 94.3 cm³/mol. The average molecular weight is 408 g/mol. The summed E-state index contributed by atoms with van der Waals surface area (Å²) in [5, 5.41) is 11.7. The number of hydrogen-bond acceptors (Lipinski definition) is 8. The van der Waals surface area contributed by atoms with Crippen LogP contribution in [0.25, 0.3) is 11.4 Å². The van der Waals surface area contributed by atoms with Gasteiger partial charge in [0.05, 0.1) is 18.7 Å². The molecule has 1 aromatic carbocycles. The van der Waals surface area contributed by atoms with Crippen molar-refractivity contribution in [2.24, 2.45) is 0 Å². The molecule has 29 heavy (non-hydrogen) atoms. The lowest BCUT2D eigenvalue weighted by Crippen LogP contribution is -2.45. The zero-order valence-corrected chi connectivity index (χ0v) is 15.7. The van der Waals surface area contributed by atoms with E-state index in [1.807, 2.05) is 0 Å². The van der Waals surface area contributed by atoms with Crippen molar-refractivity contribution in [1.82, 2.24) is 30.1 Å². The Bertz CT molecular complexity index is 962. The predicted octanol–water partition coefficient (Wildman–Crippen LogP) is 2.76. The molecule has 3 heterocycles. The summed E-state index contributed by atoms with van der Waals surface area (Å²) in [5.41, 5.74) is -0.469. The Labute approximate surface area is 164 Å². The number of rotatable bonds is 5. The zero-order valence-electron chi connectivity index (χ0n) is 15.7. The maximum Gasteiger partial charge on any atom is 0.416 e. The van der Waals surface area contributed by atoms with Gasteiger partial charge in [-0.15, -0.1) is 10.2 Å². The first-order chi connectivity index (χ1) is 13.9. The number of halogens is 3. The Morgan fingerprint density at radius 1 is 1.00 bits per heavy atom. The molecule has 1 saturated heterocycles. The number of benzene rings is 1. The Hall–Kier alpha value is -2.79. The van der Waals surface area contributed by atoms with E-state index in [0.29, 0.717) is 30.8 Å². The standard InChI is InChI=1S/C18H19F3N6O2/c1-12-23-24-16(28-12)11-27-7-5-26(6-8-27)10-15-22-17(25-29-15)13-3-2-4-14(9-13)18(19,20)21/h2-4,9H,5-8,10-11H2,1H3. The number of alkyl halides is 3. The van der Waals surface area contributed by atoms with Crippen LogP contribution in [-0.4, -0.2) is 56.3 Å². The van der Waals surface area contributed by atoms with E-state index in [2.05, 4.69) is 30.1 Å². The van der Waals surface area contributed by atoms with Gasteiger partial charge in [0.25, 0.3) is 0 Å². The third-order valence-corrected chi connectivity index (χ3v) is 4.67. The molecule has 1 aliphatic rings. The van der Waals surface area contributed by atoms with Crippen molar-refractivity contribution in [3.8, 4) is 11.4 Å². The summed E-state index contributed by atoms with van der Waals surface area (Å²) in [4.78, 5) is 8.62. The van der Waals surface area contributed by atoms with Crippen LogP contribution in [-0.2, 0) is 19.3 Å². The summed E-state index contributed by atoms with van der Waals surface area (Å²) >= 11 is 0. The fraction of sp³-hybridized carbons (Fsp3) is 0.444. The van der Waals surface area contributed by atoms with Crippen LogP contribution in [0.2, 0.25) is 0 Å². The van der Waals surface area contributed by atoms with Crippen molar-refractivity contribution in [1.29, 1.82) is 0 Å². The number of aromatic nitrogens is 4. The molecule has 154 valence electrons. The van der Waals surface area contributed by atoms with Crippen molar-refractivity contribution in [2.75, 3.05) is 26.2 Å². The van der Waals surface area contributed by atoms with Gasteiger partial charge in [-0.25, -0.2) is 0 Å². The molecule has 8 nitrogen and oxygen atoms in total. The fourth-order valence-electron chi connectivity index (χ4n) is 3.16. The second-order valence-corrected chi connectivity index (χ2v) is 6.86. The molecule has 0 spiro atoms. The maximum absolute atomic E-state index is 12.9. The summed E-state index contributed by atoms with van der Waals surface area (Å²) in [6.07, 6.45) is -4.41. The van der Waals surface area contributed by atoms with Crippen LogP contribution < -0.4 is 0 Å². The first-order valence-corrected chi connectivity index (χ1v) is 9.11. The fourth-order valence-corrected chi connectivity index (χ4v) is 3.16. The van der Waals surface area contributed by atoms with Gasteiger partial charge in [0.1, 0.15) is 0 Å². The Kier molecular flexibility index (Phi) is 5.33. The third kappa shape index (κ3) is 4.80. The van der Waals surface area contributed by atoms with Gasteiger partial charge in [-0.05, 0) is 12.1 Å². The Morgan fingerprint density at radius 2 is 1.69 bits per heavy atom. The normalized spacial score (nSPS) is 16.4. The Morgan fingerprint density at radius 3 is 2.31 bits per heavy atom. The quantitative estimate of drug-likeness (QED) is 0.637. The summed E-state index contributed by atoms with van der Waals surface area (Å²) in [5.74, 6) is 1.67. The highest BCUT2D eigenvalue weighted by molar-refractivity contribution is 5.55. The SMILES string of the molecule is Cc1nnc(CN2CCN(Cc3nc(-c4cccc(C(F)(F)F)c4)no3)CC2)o1. The van der Waals surface area contributed by atoms with Gasteiger partial charge in [-0.3, -0.25) is 9.80 Å². The summed E-state index contributed by atoms with van der Waals surface area (Å²) < 4.78 is 49.3. The van der Waals surface area contributed by atoms with Gasteiger partial charge in [-0.2, -0.15) is 18.2 Å². The highest BCUT2D eigenvalue weighted by Crippen LogP contribution is 2.31. The van der Waals surface area contributed by atoms with Crippen LogP contribution in [0.4, 0.5) is 13.2 Å². The topological polar surface area (TPSA) is 84.3 Å². The van der Waals surface area contributed by atoms with Crippen molar-refractivity contribution in [3.05, 3.63) is 47.5 Å². The summed E-state index contributed by atoms with van der Waals surface area (Å²) in [7, 11) is 0. The van der Waals surface area contributed by atoms with Gasteiger partial charge >= 0.3 is 6.18 Å². The van der Waals surface area contributed by atoms with Gasteiger partial charge in [-0.1, -0.05) is 17.3 Å². The van der Waals surface area contributed by atoms with Gasteiger partial charge in [0, 0.05) is 38.7 Å². The molecular formula is C18H19F3N6O2. The van der Waals surface area contributed by atoms with Gasteiger partial charge in [0.2, 0.25) is 23.5 Å². The van der Waals surface area contributed by atoms with Crippen molar-refractivity contribution in [2.45, 2.75) is 26.2 Å². The van der Waals surface area contributed by atoms with Crippen LogP contribution in [0.15, 0.2) is 33.2 Å². The first-order valence-electron chi connectivity index (χ1n) is 9.11. The number of aryl methyl sites for hydroxylation is 1. The molecule has 0 bridgehead atoms. The molecule has 3 aromatic rings. The molecule has 2 aromatic heterocycles. The molecule has 1 aliphatic heterocycles. The molecule has 0 amide bonds. The lowest BCUT2D eigenvalue weighted by molar-refractivity contribution is -0.137. The molecule has 0 aliphatic carbocycles. The van der Waals surface area contributed by atoms with E-state index >= 15 is 0 Å². The maximum atomic E-state index is 12.9. The lowest BCUT2D eigenvalue weighted by Gasteiger charge is -2.32. The lowest BCUT2D eigenvalue weighted by atomic mass is 10.1. The minimum atomic E-state index is -4.41. The number of hydrogen-bond donors (Lipinski definition) is 0. The highest BCUT2D eigenvalue weighted by Gasteiger charge is 2.31. The molecule has 1 fully saturated rings. The molecule has 4 rings (SSSR count). The molecule has 0 N–H and O–H groups in total. The highest BCUT2D eigenvalue weighted by atomic mass is 19.4. The van der Waals surface area contributed by atoms with E-state index in [-0.39, 0.29) is 11.4 Å². The second kappa shape index (κ2) is 7.91. The van der Waals surface area contributed by atoms with Crippen LogP contribution in [0.3, 0.4) is 0 Å². The second-order valence-electron chi connectivity index (χ2n) is 6.86.